The van der Waals surface area contributed by atoms with Crippen LogP contribution in [-0.2, 0) is 17.8 Å². The van der Waals surface area contributed by atoms with E-state index in [0.717, 1.165) is 5.56 Å². The number of nitrogens with one attached hydrogen (secondary N) is 1. The molecule has 144 valence electrons. The van der Waals surface area contributed by atoms with Crippen LogP contribution >= 0.6 is 11.6 Å². The molecule has 0 aliphatic heterocycles. The second-order valence-electron chi connectivity index (χ2n) is 5.78. The number of carboxylic acid groups (broad SMARTS) is 1. The number of ether oxygens (including phenoxy) is 2. The molecule has 2 N–H and O–H groups in total. The lowest BCUT2D eigenvalue weighted by molar-refractivity contribution is -0.121. The van der Waals surface area contributed by atoms with Crippen LogP contribution < -0.4 is 14.8 Å². The van der Waals surface area contributed by atoms with Crippen molar-refractivity contribution < 1.29 is 24.2 Å². The molecule has 6 nitrogen and oxygen atoms in total. The average molecular weight is 392 g/mol. The fraction of sp³-hybridized carbons (Fsp3) is 0.300. The molecule has 27 heavy (non-hydrogen) atoms. The first-order valence-electron chi connectivity index (χ1n) is 8.53. The summed E-state index contributed by atoms with van der Waals surface area (Å²) in [6, 6.07) is 10.1. The van der Waals surface area contributed by atoms with E-state index in [2.05, 4.69) is 5.32 Å². The Morgan fingerprint density at radius 1 is 1.22 bits per heavy atom. The van der Waals surface area contributed by atoms with Crippen molar-refractivity contribution in [3.05, 3.63) is 58.1 Å². The Bertz CT molecular complexity index is 822. The second-order valence-corrected chi connectivity index (χ2v) is 6.19. The maximum absolute atomic E-state index is 12.1. The van der Waals surface area contributed by atoms with Crippen molar-refractivity contribution in [1.82, 2.24) is 5.32 Å². The number of aromatic carboxylic acids is 1. The average Bonchev–Trinajstić information content (AvgIpc) is 2.66. The van der Waals surface area contributed by atoms with Crippen molar-refractivity contribution >= 4 is 23.5 Å². The van der Waals surface area contributed by atoms with Gasteiger partial charge in [-0.05, 0) is 42.7 Å². The van der Waals surface area contributed by atoms with Crippen LogP contribution in [0.15, 0.2) is 36.4 Å². The summed E-state index contributed by atoms with van der Waals surface area (Å²) in [6.07, 6.45) is 0.536. The first-order valence-corrected chi connectivity index (χ1v) is 8.91. The summed E-state index contributed by atoms with van der Waals surface area (Å²) in [5.74, 6) is -0.202. The zero-order valence-corrected chi connectivity index (χ0v) is 16.0. The Kier molecular flexibility index (Phi) is 7.49. The molecule has 0 aromatic heterocycles. The van der Waals surface area contributed by atoms with Gasteiger partial charge in [0.25, 0.3) is 0 Å². The number of aryl methyl sites for hydroxylation is 1. The third-order valence-electron chi connectivity index (χ3n) is 3.94. The lowest BCUT2D eigenvalue weighted by atomic mass is 10.0. The Morgan fingerprint density at radius 3 is 2.63 bits per heavy atom. The first-order chi connectivity index (χ1) is 13.0. The molecule has 0 aliphatic rings. The number of hydrogen-bond donors (Lipinski definition) is 2. The van der Waals surface area contributed by atoms with Crippen LogP contribution in [0.25, 0.3) is 0 Å². The van der Waals surface area contributed by atoms with Crippen molar-refractivity contribution in [2.75, 3.05) is 13.7 Å². The Morgan fingerprint density at radius 2 is 1.96 bits per heavy atom. The Hall–Kier alpha value is -2.73. The molecule has 2 aromatic rings. The van der Waals surface area contributed by atoms with Crippen LogP contribution in [0.4, 0.5) is 0 Å². The summed E-state index contributed by atoms with van der Waals surface area (Å²) in [5.41, 5.74) is 1.62. The number of hydrogen-bond acceptors (Lipinski definition) is 4. The first kappa shape index (κ1) is 20.6. The molecule has 0 aliphatic carbocycles. The quantitative estimate of drug-likeness (QED) is 0.680. The summed E-state index contributed by atoms with van der Waals surface area (Å²) in [5, 5.41) is 12.4. The minimum Gasteiger partial charge on any atom is -0.493 e. The van der Waals surface area contributed by atoms with Crippen molar-refractivity contribution in [2.45, 2.75) is 26.3 Å². The van der Waals surface area contributed by atoms with Gasteiger partial charge in [0.1, 0.15) is 0 Å². The fourth-order valence-corrected chi connectivity index (χ4v) is 2.93. The van der Waals surface area contributed by atoms with Gasteiger partial charge in [-0.2, -0.15) is 0 Å². The topological polar surface area (TPSA) is 84.9 Å². The van der Waals surface area contributed by atoms with Gasteiger partial charge in [0.05, 0.1) is 24.3 Å². The van der Waals surface area contributed by atoms with E-state index >= 15 is 0 Å². The van der Waals surface area contributed by atoms with Gasteiger partial charge < -0.3 is 19.9 Å². The van der Waals surface area contributed by atoms with Crippen LogP contribution in [0.2, 0.25) is 5.02 Å². The van der Waals surface area contributed by atoms with Gasteiger partial charge in [0.15, 0.2) is 11.5 Å². The van der Waals surface area contributed by atoms with Gasteiger partial charge in [-0.25, -0.2) is 4.79 Å². The van der Waals surface area contributed by atoms with Gasteiger partial charge >= 0.3 is 5.97 Å². The summed E-state index contributed by atoms with van der Waals surface area (Å²) < 4.78 is 10.8. The number of rotatable bonds is 9. The predicted octanol–water partition coefficient (Wildman–Crippen LogP) is 3.69. The van der Waals surface area contributed by atoms with Crippen LogP contribution in [0.1, 0.15) is 34.8 Å². The predicted molar refractivity (Wildman–Crippen MR) is 103 cm³/mol. The number of carbonyl (C=O) groups is 2. The van der Waals surface area contributed by atoms with E-state index in [9.17, 15) is 14.7 Å². The molecule has 0 bridgehead atoms. The van der Waals surface area contributed by atoms with E-state index in [1.165, 1.54) is 13.2 Å². The van der Waals surface area contributed by atoms with Gasteiger partial charge in [-0.3, -0.25) is 4.79 Å². The molecular weight excluding hydrogens is 370 g/mol. The standard InChI is InChI=1S/C20H22ClNO5/c1-3-27-19-16(21)10-13(11-17(19)26-2)12-22-18(23)9-8-14-6-4-5-7-15(14)20(24)25/h4-7,10-11H,3,8-9,12H2,1-2H3,(H,22,23)(H,24,25). The highest BCUT2D eigenvalue weighted by atomic mass is 35.5. The number of methoxy groups -OCH3 is 1. The third kappa shape index (κ3) is 5.62. The van der Waals surface area contributed by atoms with Gasteiger partial charge in [-0.1, -0.05) is 29.8 Å². The number of carboxylic acids is 1. The number of benzene rings is 2. The number of amides is 1. The monoisotopic (exact) mass is 391 g/mol. The van der Waals surface area contributed by atoms with E-state index in [0.29, 0.717) is 35.1 Å². The van der Waals surface area contributed by atoms with Crippen molar-refractivity contribution in [2.24, 2.45) is 0 Å². The zero-order chi connectivity index (χ0) is 19.8. The van der Waals surface area contributed by atoms with Crippen LogP contribution in [-0.4, -0.2) is 30.7 Å². The van der Waals surface area contributed by atoms with E-state index in [1.54, 1.807) is 30.3 Å². The molecule has 2 rings (SSSR count). The highest BCUT2D eigenvalue weighted by molar-refractivity contribution is 6.32. The van der Waals surface area contributed by atoms with E-state index in [1.807, 2.05) is 6.92 Å². The minimum absolute atomic E-state index is 0.181. The van der Waals surface area contributed by atoms with Crippen LogP contribution in [0, 0.1) is 0 Å². The summed E-state index contributed by atoms with van der Waals surface area (Å²) >= 11 is 6.22. The smallest absolute Gasteiger partial charge is 0.335 e. The van der Waals surface area contributed by atoms with E-state index in [-0.39, 0.29) is 24.4 Å². The van der Waals surface area contributed by atoms with Gasteiger partial charge in [0.2, 0.25) is 5.91 Å². The molecule has 1 amide bonds. The number of carbonyl (C=O) groups excluding carboxylic acids is 1. The second kappa shape index (κ2) is 9.83. The molecule has 0 radical (unpaired) electrons. The normalized spacial score (nSPS) is 10.3. The molecule has 0 unspecified atom stereocenters. The van der Waals surface area contributed by atoms with Crippen LogP contribution in [0.3, 0.4) is 0 Å². The van der Waals surface area contributed by atoms with Crippen molar-refractivity contribution in [3.63, 3.8) is 0 Å². The van der Waals surface area contributed by atoms with E-state index in [4.69, 9.17) is 21.1 Å². The molecule has 0 fully saturated rings. The lowest BCUT2D eigenvalue weighted by Crippen LogP contribution is -2.23. The van der Waals surface area contributed by atoms with Crippen molar-refractivity contribution in [1.29, 1.82) is 0 Å². The van der Waals surface area contributed by atoms with Gasteiger partial charge in [-0.15, -0.1) is 0 Å². The Balaban J connectivity index is 1.96. The molecule has 0 saturated carbocycles. The molecule has 0 heterocycles. The SMILES string of the molecule is CCOc1c(Cl)cc(CNC(=O)CCc2ccccc2C(=O)O)cc1OC. The largest absolute Gasteiger partial charge is 0.493 e. The molecular formula is C20H22ClNO5. The highest BCUT2D eigenvalue weighted by Gasteiger charge is 2.13. The molecule has 0 spiro atoms. The molecule has 7 heteroatoms. The highest BCUT2D eigenvalue weighted by Crippen LogP contribution is 2.36. The summed E-state index contributed by atoms with van der Waals surface area (Å²) in [7, 11) is 1.52. The van der Waals surface area contributed by atoms with Crippen LogP contribution in [0.5, 0.6) is 11.5 Å². The number of halogens is 1. The fourth-order valence-electron chi connectivity index (χ4n) is 2.64. The third-order valence-corrected chi connectivity index (χ3v) is 4.22. The molecule has 0 atom stereocenters. The molecule has 2 aromatic carbocycles. The zero-order valence-electron chi connectivity index (χ0n) is 15.3. The summed E-state index contributed by atoms with van der Waals surface area (Å²) in [4.78, 5) is 23.3. The van der Waals surface area contributed by atoms with E-state index < -0.39 is 5.97 Å². The minimum atomic E-state index is -0.998. The Labute approximate surface area is 163 Å². The lowest BCUT2D eigenvalue weighted by Gasteiger charge is -2.13. The van der Waals surface area contributed by atoms with Gasteiger partial charge in [0, 0.05) is 13.0 Å². The maximum Gasteiger partial charge on any atom is 0.335 e. The maximum atomic E-state index is 12.1. The van der Waals surface area contributed by atoms with Crippen molar-refractivity contribution in [3.8, 4) is 11.5 Å². The summed E-state index contributed by atoms with van der Waals surface area (Å²) in [6.45, 7) is 2.60. The molecule has 0 saturated heterocycles.